The molecule has 0 aliphatic heterocycles. The van der Waals surface area contributed by atoms with Crippen LogP contribution in [0.4, 0.5) is 5.69 Å². The second-order valence-electron chi connectivity index (χ2n) is 9.42. The van der Waals surface area contributed by atoms with Crippen molar-refractivity contribution >= 4 is 33.1 Å². The number of hydrogen-bond donors (Lipinski definition) is 1. The summed E-state index contributed by atoms with van der Waals surface area (Å²) in [6.07, 6.45) is 8.41. The van der Waals surface area contributed by atoms with Crippen LogP contribution in [-0.4, -0.2) is 29.0 Å². The van der Waals surface area contributed by atoms with E-state index in [1.807, 2.05) is 0 Å². The van der Waals surface area contributed by atoms with E-state index in [9.17, 15) is 13.2 Å². The van der Waals surface area contributed by atoms with Crippen LogP contribution < -0.4 is 4.72 Å². The molecule has 7 nitrogen and oxygen atoms in total. The van der Waals surface area contributed by atoms with Gasteiger partial charge in [0.05, 0.1) is 27.4 Å². The van der Waals surface area contributed by atoms with Crippen molar-refractivity contribution in [1.82, 2.24) is 14.8 Å². The Hall–Kier alpha value is -2.71. The Bertz CT molecular complexity index is 1270. The first-order valence-corrected chi connectivity index (χ1v) is 12.8. The van der Waals surface area contributed by atoms with Crippen LogP contribution in [0.25, 0.3) is 5.82 Å². The predicted molar refractivity (Wildman–Crippen MR) is 129 cm³/mol. The third-order valence-electron chi connectivity index (χ3n) is 5.92. The molecule has 0 amide bonds. The topological polar surface area (TPSA) is 94.0 Å². The number of halogens is 1. The molecule has 1 fully saturated rings. The van der Waals surface area contributed by atoms with Crippen LogP contribution in [0, 0.1) is 5.92 Å². The SMILES string of the molecule is CC(C)(C)c1ccc(S(=O)(=O)Nc2cc(Cl)cnc2-n2cc(C(=O)C3CCCC3)cn2)cc1. The second kappa shape index (κ2) is 8.91. The number of anilines is 1. The van der Waals surface area contributed by atoms with Gasteiger partial charge in [-0.3, -0.25) is 9.52 Å². The van der Waals surface area contributed by atoms with Gasteiger partial charge in [-0.1, -0.05) is 57.3 Å². The third kappa shape index (κ3) is 5.12. The summed E-state index contributed by atoms with van der Waals surface area (Å²) in [7, 11) is -3.90. The van der Waals surface area contributed by atoms with Gasteiger partial charge in [-0.2, -0.15) is 5.10 Å². The molecule has 1 saturated carbocycles. The molecular weight excluding hydrogens is 460 g/mol. The number of ketones is 1. The molecule has 0 spiro atoms. The van der Waals surface area contributed by atoms with Crippen molar-refractivity contribution in [2.45, 2.75) is 56.8 Å². The molecule has 0 radical (unpaired) electrons. The smallest absolute Gasteiger partial charge is 0.262 e. The molecule has 0 bridgehead atoms. The quantitative estimate of drug-likeness (QED) is 0.471. The summed E-state index contributed by atoms with van der Waals surface area (Å²) in [6, 6.07) is 8.24. The Morgan fingerprint density at radius 1 is 1.12 bits per heavy atom. The maximum Gasteiger partial charge on any atom is 0.262 e. The molecule has 3 aromatic rings. The van der Waals surface area contributed by atoms with E-state index in [1.54, 1.807) is 30.5 Å². The summed E-state index contributed by atoms with van der Waals surface area (Å²) in [5.74, 6) is 0.323. The van der Waals surface area contributed by atoms with Crippen molar-refractivity contribution < 1.29 is 13.2 Å². The number of rotatable bonds is 6. The highest BCUT2D eigenvalue weighted by Crippen LogP contribution is 2.30. The van der Waals surface area contributed by atoms with Gasteiger partial charge in [0.25, 0.3) is 10.0 Å². The number of sulfonamides is 1. The van der Waals surface area contributed by atoms with Crippen molar-refractivity contribution in [2.75, 3.05) is 4.72 Å². The summed E-state index contributed by atoms with van der Waals surface area (Å²) in [4.78, 5) is 17.1. The van der Waals surface area contributed by atoms with E-state index >= 15 is 0 Å². The highest BCUT2D eigenvalue weighted by molar-refractivity contribution is 7.92. The van der Waals surface area contributed by atoms with Crippen molar-refractivity contribution in [3.8, 4) is 5.82 Å². The zero-order valence-electron chi connectivity index (χ0n) is 18.9. The molecule has 9 heteroatoms. The Morgan fingerprint density at radius 2 is 1.79 bits per heavy atom. The number of hydrogen-bond acceptors (Lipinski definition) is 5. The summed E-state index contributed by atoms with van der Waals surface area (Å²) >= 11 is 6.11. The molecule has 1 N–H and O–H groups in total. The highest BCUT2D eigenvalue weighted by atomic mass is 35.5. The van der Waals surface area contributed by atoms with Crippen LogP contribution in [0.15, 0.2) is 53.8 Å². The number of carbonyl (C=O) groups is 1. The van der Waals surface area contributed by atoms with Crippen molar-refractivity contribution in [3.05, 3.63) is 65.1 Å². The van der Waals surface area contributed by atoms with Gasteiger partial charge in [-0.15, -0.1) is 0 Å². The fourth-order valence-corrected chi connectivity index (χ4v) is 5.23. The molecule has 0 unspecified atom stereocenters. The van der Waals surface area contributed by atoms with Crippen molar-refractivity contribution in [1.29, 1.82) is 0 Å². The van der Waals surface area contributed by atoms with Crippen LogP contribution in [0.1, 0.15) is 62.4 Å². The number of Topliss-reactive ketones (excluding diaryl/α,β-unsaturated/α-hetero) is 1. The van der Waals surface area contributed by atoms with Crippen LogP contribution in [-0.2, 0) is 15.4 Å². The number of carbonyl (C=O) groups excluding carboxylic acids is 1. The zero-order chi connectivity index (χ0) is 23.8. The molecule has 1 aromatic carbocycles. The van der Waals surface area contributed by atoms with Gasteiger partial charge in [-0.05, 0) is 42.0 Å². The third-order valence-corrected chi connectivity index (χ3v) is 7.51. The monoisotopic (exact) mass is 486 g/mol. The number of nitrogens with one attached hydrogen (secondary N) is 1. The number of nitrogens with zero attached hydrogens (tertiary/aromatic N) is 3. The fraction of sp³-hybridized carbons (Fsp3) is 0.375. The number of benzene rings is 1. The summed E-state index contributed by atoms with van der Waals surface area (Å²) < 4.78 is 30.1. The number of aromatic nitrogens is 3. The second-order valence-corrected chi connectivity index (χ2v) is 11.5. The molecule has 2 aromatic heterocycles. The van der Waals surface area contributed by atoms with E-state index in [1.165, 1.54) is 23.1 Å². The number of pyridine rings is 1. The first-order valence-electron chi connectivity index (χ1n) is 10.9. The lowest BCUT2D eigenvalue weighted by molar-refractivity contribution is 0.0923. The molecule has 1 aliphatic rings. The maximum absolute atomic E-state index is 13.1. The molecule has 4 rings (SSSR count). The maximum atomic E-state index is 13.1. The lowest BCUT2D eigenvalue weighted by Gasteiger charge is -2.19. The van der Waals surface area contributed by atoms with Gasteiger partial charge in [0, 0.05) is 18.3 Å². The zero-order valence-corrected chi connectivity index (χ0v) is 20.4. The molecular formula is C24H27ClN4O3S. The van der Waals surface area contributed by atoms with Crippen LogP contribution in [0.2, 0.25) is 5.02 Å². The standard InChI is InChI=1S/C24H27ClN4O3S/c1-24(2,3)18-8-10-20(11-9-18)33(31,32)28-21-12-19(25)14-26-23(21)29-15-17(13-27-29)22(30)16-6-4-5-7-16/h8-16,28H,4-7H2,1-3H3. The largest absolute Gasteiger partial charge is 0.294 e. The summed E-state index contributed by atoms with van der Waals surface area (Å²) in [5.41, 5.74) is 1.60. The van der Waals surface area contributed by atoms with Crippen LogP contribution in [0.5, 0.6) is 0 Å². The van der Waals surface area contributed by atoms with Crippen molar-refractivity contribution in [3.63, 3.8) is 0 Å². The molecule has 0 atom stereocenters. The van der Waals surface area contributed by atoms with Gasteiger partial charge in [0.2, 0.25) is 0 Å². The van der Waals surface area contributed by atoms with E-state index < -0.39 is 10.0 Å². The highest BCUT2D eigenvalue weighted by Gasteiger charge is 2.26. The average Bonchev–Trinajstić information content (AvgIpc) is 3.45. The minimum Gasteiger partial charge on any atom is -0.294 e. The van der Waals surface area contributed by atoms with E-state index in [-0.39, 0.29) is 38.5 Å². The Labute approximate surface area is 199 Å². The predicted octanol–water partition coefficient (Wildman–Crippen LogP) is 5.39. The molecule has 2 heterocycles. The van der Waals surface area contributed by atoms with E-state index in [2.05, 4.69) is 35.6 Å². The minimum absolute atomic E-state index is 0.0230. The van der Waals surface area contributed by atoms with Gasteiger partial charge >= 0.3 is 0 Å². The minimum atomic E-state index is -3.90. The van der Waals surface area contributed by atoms with Gasteiger partial charge in [0.15, 0.2) is 11.6 Å². The molecule has 33 heavy (non-hydrogen) atoms. The summed E-state index contributed by atoms with van der Waals surface area (Å²) in [5, 5.41) is 4.54. The Kier molecular flexibility index (Phi) is 6.33. The van der Waals surface area contributed by atoms with E-state index in [4.69, 9.17) is 11.6 Å². The van der Waals surface area contributed by atoms with Gasteiger partial charge < -0.3 is 0 Å². The Balaban J connectivity index is 1.63. The van der Waals surface area contributed by atoms with Gasteiger partial charge in [-0.25, -0.2) is 18.1 Å². The molecule has 0 saturated heterocycles. The first-order chi connectivity index (χ1) is 15.5. The lowest BCUT2D eigenvalue weighted by atomic mass is 9.87. The Morgan fingerprint density at radius 3 is 2.42 bits per heavy atom. The van der Waals surface area contributed by atoms with E-state index in [0.717, 1.165) is 31.2 Å². The molecule has 174 valence electrons. The normalized spacial score (nSPS) is 15.0. The van der Waals surface area contributed by atoms with Crippen LogP contribution in [0.3, 0.4) is 0 Å². The summed E-state index contributed by atoms with van der Waals surface area (Å²) in [6.45, 7) is 6.19. The van der Waals surface area contributed by atoms with Gasteiger partial charge in [0.1, 0.15) is 0 Å². The lowest BCUT2D eigenvalue weighted by Crippen LogP contribution is -2.16. The van der Waals surface area contributed by atoms with Crippen LogP contribution >= 0.6 is 11.6 Å². The van der Waals surface area contributed by atoms with Crippen molar-refractivity contribution in [2.24, 2.45) is 5.92 Å². The molecule has 1 aliphatic carbocycles. The average molecular weight is 487 g/mol. The van der Waals surface area contributed by atoms with E-state index in [0.29, 0.717) is 5.56 Å². The fourth-order valence-electron chi connectivity index (χ4n) is 4.02. The first kappa shape index (κ1) is 23.4.